The number of hydrogen-bond acceptors (Lipinski definition) is 7. The van der Waals surface area contributed by atoms with E-state index in [1.165, 1.54) is 29.5 Å². The monoisotopic (exact) mass is 388 g/mol. The molecule has 0 saturated heterocycles. The molecular weight excluding hydrogens is 374 g/mol. The predicted octanol–water partition coefficient (Wildman–Crippen LogP) is 1.70. The number of aromatic amines is 1. The highest BCUT2D eigenvalue weighted by atomic mass is 32.2. The molecule has 0 aliphatic carbocycles. The molecule has 2 N–H and O–H groups in total. The number of rotatable bonds is 5. The van der Waals surface area contributed by atoms with Gasteiger partial charge >= 0.3 is 0 Å². The third-order valence-corrected chi connectivity index (χ3v) is 5.71. The largest absolute Gasteiger partial charge is 0.545 e. The number of aromatic nitrogens is 2. The number of hydrogen-bond donors (Lipinski definition) is 2. The smallest absolute Gasteiger partial charge is 0.260 e. The molecule has 2 heterocycles. The molecule has 3 aromatic rings. The summed E-state index contributed by atoms with van der Waals surface area (Å²) in [7, 11) is 0. The molecule has 9 heteroatoms. The van der Waals surface area contributed by atoms with Crippen molar-refractivity contribution in [3.8, 4) is 0 Å². The minimum Gasteiger partial charge on any atom is -0.545 e. The second-order valence-electron chi connectivity index (χ2n) is 5.54. The lowest BCUT2D eigenvalue weighted by molar-refractivity contribution is -0.255. The molecule has 0 aliphatic rings. The van der Waals surface area contributed by atoms with Crippen LogP contribution >= 0.6 is 23.1 Å². The fraction of sp³-hybridized carbons (Fsp3) is 0.176. The SMILES string of the molecule is Cc1sc2nc(SCC(=O)Nc3cccc(C(=O)[O-])c3)[nH]c(=O)c2c1C. The van der Waals surface area contributed by atoms with E-state index in [9.17, 15) is 19.5 Å². The normalized spacial score (nSPS) is 10.8. The molecule has 0 aliphatic heterocycles. The van der Waals surface area contributed by atoms with Crippen LogP contribution in [-0.4, -0.2) is 27.6 Å². The van der Waals surface area contributed by atoms with E-state index in [-0.39, 0.29) is 22.8 Å². The molecule has 2 aromatic heterocycles. The van der Waals surface area contributed by atoms with Gasteiger partial charge in [0, 0.05) is 10.6 Å². The van der Waals surface area contributed by atoms with Crippen molar-refractivity contribution in [2.24, 2.45) is 0 Å². The van der Waals surface area contributed by atoms with Crippen LogP contribution in [0.25, 0.3) is 10.2 Å². The Hall–Kier alpha value is -2.65. The Kier molecular flexibility index (Phi) is 5.10. The number of H-pyrrole nitrogens is 1. The van der Waals surface area contributed by atoms with Gasteiger partial charge in [0.25, 0.3) is 5.56 Å². The van der Waals surface area contributed by atoms with Crippen molar-refractivity contribution in [2.45, 2.75) is 19.0 Å². The van der Waals surface area contributed by atoms with Crippen LogP contribution < -0.4 is 16.0 Å². The Morgan fingerprint density at radius 1 is 1.35 bits per heavy atom. The van der Waals surface area contributed by atoms with Gasteiger partial charge in [0.1, 0.15) is 4.83 Å². The first-order chi connectivity index (χ1) is 12.3. The van der Waals surface area contributed by atoms with E-state index in [1.54, 1.807) is 6.07 Å². The number of thioether (sulfide) groups is 1. The number of thiophene rings is 1. The quantitative estimate of drug-likeness (QED) is 0.508. The molecule has 0 spiro atoms. The Bertz CT molecular complexity index is 1070. The molecule has 0 saturated carbocycles. The minimum absolute atomic E-state index is 0.0182. The van der Waals surface area contributed by atoms with Crippen LogP contribution in [0.15, 0.2) is 34.2 Å². The molecule has 3 rings (SSSR count). The van der Waals surface area contributed by atoms with Crippen molar-refractivity contribution in [1.82, 2.24) is 9.97 Å². The van der Waals surface area contributed by atoms with Crippen LogP contribution in [0, 0.1) is 13.8 Å². The molecule has 0 unspecified atom stereocenters. The van der Waals surface area contributed by atoms with Gasteiger partial charge in [-0.25, -0.2) is 4.98 Å². The molecule has 0 radical (unpaired) electrons. The zero-order chi connectivity index (χ0) is 18.8. The first kappa shape index (κ1) is 18.2. The Morgan fingerprint density at radius 2 is 2.12 bits per heavy atom. The number of carboxylic acid groups (broad SMARTS) is 1. The number of carbonyl (C=O) groups is 2. The summed E-state index contributed by atoms with van der Waals surface area (Å²) in [4.78, 5) is 43.9. The minimum atomic E-state index is -1.31. The lowest BCUT2D eigenvalue weighted by Crippen LogP contribution is -2.22. The van der Waals surface area contributed by atoms with E-state index < -0.39 is 5.97 Å². The summed E-state index contributed by atoms with van der Waals surface area (Å²) in [6.45, 7) is 3.81. The van der Waals surface area contributed by atoms with Gasteiger partial charge in [0.15, 0.2) is 5.16 Å². The van der Waals surface area contributed by atoms with Crippen LogP contribution in [0.2, 0.25) is 0 Å². The number of anilines is 1. The first-order valence-electron chi connectivity index (χ1n) is 7.59. The van der Waals surface area contributed by atoms with E-state index in [2.05, 4.69) is 15.3 Å². The number of nitrogens with one attached hydrogen (secondary N) is 2. The van der Waals surface area contributed by atoms with E-state index in [1.807, 2.05) is 13.8 Å². The Morgan fingerprint density at radius 3 is 2.85 bits per heavy atom. The number of nitrogens with zero attached hydrogens (tertiary/aromatic N) is 1. The zero-order valence-electron chi connectivity index (χ0n) is 13.9. The summed E-state index contributed by atoms with van der Waals surface area (Å²) in [5.74, 6) is -1.63. The fourth-order valence-corrected chi connectivity index (χ4v) is 4.11. The Balaban J connectivity index is 1.70. The predicted molar refractivity (Wildman–Crippen MR) is 99.8 cm³/mol. The second kappa shape index (κ2) is 7.30. The maximum Gasteiger partial charge on any atom is 0.260 e. The summed E-state index contributed by atoms with van der Waals surface area (Å²) >= 11 is 2.54. The lowest BCUT2D eigenvalue weighted by Gasteiger charge is -2.07. The summed E-state index contributed by atoms with van der Waals surface area (Å²) in [6, 6.07) is 5.80. The summed E-state index contributed by atoms with van der Waals surface area (Å²) < 4.78 is 0. The number of benzene rings is 1. The molecule has 1 amide bonds. The van der Waals surface area contributed by atoms with E-state index in [4.69, 9.17) is 0 Å². The highest BCUT2D eigenvalue weighted by Crippen LogP contribution is 2.27. The second-order valence-corrected chi connectivity index (χ2v) is 7.71. The van der Waals surface area contributed by atoms with Crippen molar-refractivity contribution >= 4 is 50.9 Å². The van der Waals surface area contributed by atoms with Crippen molar-refractivity contribution in [2.75, 3.05) is 11.1 Å². The molecule has 0 atom stereocenters. The van der Waals surface area contributed by atoms with Gasteiger partial charge in [0.05, 0.1) is 17.1 Å². The molecule has 26 heavy (non-hydrogen) atoms. The van der Waals surface area contributed by atoms with Crippen LogP contribution in [0.3, 0.4) is 0 Å². The number of amides is 1. The lowest BCUT2D eigenvalue weighted by atomic mass is 10.2. The number of carboxylic acids is 1. The zero-order valence-corrected chi connectivity index (χ0v) is 15.5. The van der Waals surface area contributed by atoms with Crippen LogP contribution in [0.1, 0.15) is 20.8 Å². The van der Waals surface area contributed by atoms with E-state index in [0.717, 1.165) is 22.2 Å². The molecular formula is C17H14N3O4S2-. The fourth-order valence-electron chi connectivity index (χ4n) is 2.36. The molecule has 7 nitrogen and oxygen atoms in total. The summed E-state index contributed by atoms with van der Waals surface area (Å²) in [5.41, 5.74) is 1.04. The number of fused-ring (bicyclic) bond motifs is 1. The van der Waals surface area contributed by atoms with Crippen LogP contribution in [0.4, 0.5) is 5.69 Å². The third-order valence-electron chi connectivity index (χ3n) is 3.74. The van der Waals surface area contributed by atoms with Gasteiger partial charge < -0.3 is 20.2 Å². The van der Waals surface area contributed by atoms with Gasteiger partial charge in [-0.3, -0.25) is 9.59 Å². The Labute approximate surface area is 156 Å². The molecule has 0 fully saturated rings. The highest BCUT2D eigenvalue weighted by Gasteiger charge is 2.13. The average Bonchev–Trinajstić information content (AvgIpc) is 2.88. The maximum absolute atomic E-state index is 12.2. The van der Waals surface area contributed by atoms with Gasteiger partial charge in [-0.2, -0.15) is 0 Å². The van der Waals surface area contributed by atoms with Crippen molar-refractivity contribution in [1.29, 1.82) is 0 Å². The van der Waals surface area contributed by atoms with Crippen LogP contribution in [0.5, 0.6) is 0 Å². The molecule has 134 valence electrons. The van der Waals surface area contributed by atoms with Crippen LogP contribution in [-0.2, 0) is 4.79 Å². The average molecular weight is 388 g/mol. The first-order valence-corrected chi connectivity index (χ1v) is 9.39. The molecule has 1 aromatic carbocycles. The number of carbonyl (C=O) groups excluding carboxylic acids is 2. The maximum atomic E-state index is 12.2. The van der Waals surface area contributed by atoms with E-state index >= 15 is 0 Å². The van der Waals surface area contributed by atoms with Gasteiger partial charge in [-0.15, -0.1) is 11.3 Å². The topological polar surface area (TPSA) is 115 Å². The number of aryl methyl sites for hydroxylation is 2. The molecule has 0 bridgehead atoms. The van der Waals surface area contributed by atoms with Gasteiger partial charge in [-0.1, -0.05) is 23.9 Å². The standard InChI is InChI=1S/C17H15N3O4S2/c1-8-9(2)26-15-13(8)14(22)19-17(20-15)25-7-12(21)18-11-5-3-4-10(6-11)16(23)24/h3-6H,7H2,1-2H3,(H,18,21)(H,23,24)(H,19,20,22)/p-1. The summed E-state index contributed by atoms with van der Waals surface area (Å²) in [6.07, 6.45) is 0. The third kappa shape index (κ3) is 3.78. The highest BCUT2D eigenvalue weighted by molar-refractivity contribution is 7.99. The van der Waals surface area contributed by atoms with Crippen molar-refractivity contribution in [3.05, 3.63) is 50.6 Å². The van der Waals surface area contributed by atoms with Gasteiger partial charge in [-0.05, 0) is 37.1 Å². The van der Waals surface area contributed by atoms with Crippen molar-refractivity contribution in [3.63, 3.8) is 0 Å². The van der Waals surface area contributed by atoms with Crippen molar-refractivity contribution < 1.29 is 14.7 Å². The number of aromatic carboxylic acids is 1. The van der Waals surface area contributed by atoms with E-state index in [0.29, 0.717) is 21.1 Å². The van der Waals surface area contributed by atoms with Gasteiger partial charge in [0.2, 0.25) is 5.91 Å². The summed E-state index contributed by atoms with van der Waals surface area (Å²) in [5, 5.41) is 14.4.